The molecular weight excluding hydrogens is 239 g/mol. The summed E-state index contributed by atoms with van der Waals surface area (Å²) in [6.45, 7) is 1.86. The van der Waals surface area contributed by atoms with Gasteiger partial charge in [0.2, 0.25) is 5.89 Å². The molecule has 0 spiro atoms. The molecule has 1 N–H and O–H groups in total. The summed E-state index contributed by atoms with van der Waals surface area (Å²) in [6.07, 6.45) is -3.79. The molecule has 0 radical (unpaired) electrons. The van der Waals surface area contributed by atoms with E-state index in [2.05, 4.69) is 20.2 Å². The monoisotopic (exact) mass is 253 g/mol. The molecule has 0 amide bonds. The van der Waals surface area contributed by atoms with Crippen LogP contribution in [0.1, 0.15) is 18.6 Å². The van der Waals surface area contributed by atoms with Gasteiger partial charge in [0.1, 0.15) is 13.2 Å². The first-order chi connectivity index (χ1) is 8.01. The smallest absolute Gasteiger partial charge is 0.364 e. The summed E-state index contributed by atoms with van der Waals surface area (Å²) in [5.41, 5.74) is 0. The zero-order chi connectivity index (χ0) is 12.7. The van der Waals surface area contributed by atoms with Crippen LogP contribution >= 0.6 is 0 Å². The van der Waals surface area contributed by atoms with Gasteiger partial charge in [-0.05, 0) is 6.54 Å². The van der Waals surface area contributed by atoms with Crippen molar-refractivity contribution in [1.82, 2.24) is 15.5 Å². The average molecular weight is 253 g/mol. The predicted octanol–water partition coefficient (Wildman–Crippen LogP) is 1.30. The quantitative estimate of drug-likeness (QED) is 0.742. The number of alkyl halides is 3. The lowest BCUT2D eigenvalue weighted by molar-refractivity contribution is -0.177. The van der Waals surface area contributed by atoms with Crippen LogP contribution in [-0.2, 0) is 17.8 Å². The van der Waals surface area contributed by atoms with Crippen molar-refractivity contribution in [2.75, 3.05) is 19.7 Å². The van der Waals surface area contributed by atoms with Gasteiger partial charge in [0, 0.05) is 13.0 Å². The molecule has 0 aliphatic carbocycles. The van der Waals surface area contributed by atoms with E-state index in [1.807, 2.05) is 6.92 Å². The summed E-state index contributed by atoms with van der Waals surface area (Å²) >= 11 is 0. The Kier molecular flexibility index (Phi) is 5.36. The number of rotatable bonds is 7. The van der Waals surface area contributed by atoms with E-state index in [-0.39, 0.29) is 12.4 Å². The average Bonchev–Trinajstić information content (AvgIpc) is 2.64. The van der Waals surface area contributed by atoms with Gasteiger partial charge < -0.3 is 14.6 Å². The minimum atomic E-state index is -4.34. The molecule has 1 aromatic rings. The Morgan fingerprint density at radius 2 is 2.18 bits per heavy atom. The van der Waals surface area contributed by atoms with E-state index in [1.165, 1.54) is 0 Å². The largest absolute Gasteiger partial charge is 0.411 e. The Hall–Kier alpha value is -1.15. The van der Waals surface area contributed by atoms with E-state index in [4.69, 9.17) is 4.52 Å². The van der Waals surface area contributed by atoms with Gasteiger partial charge in [0.15, 0.2) is 5.82 Å². The number of likely N-dealkylation sites (N-methyl/N-ethyl adjacent to an activating group) is 1. The predicted molar refractivity (Wildman–Crippen MR) is 52.3 cm³/mol. The molecule has 8 heteroatoms. The van der Waals surface area contributed by atoms with E-state index in [1.54, 1.807) is 0 Å². The molecule has 98 valence electrons. The molecule has 0 aromatic carbocycles. The molecule has 0 atom stereocenters. The summed E-state index contributed by atoms with van der Waals surface area (Å²) in [5, 5.41) is 6.57. The number of nitrogens with zero attached hydrogens (tertiary/aromatic N) is 2. The van der Waals surface area contributed by atoms with Crippen molar-refractivity contribution in [2.45, 2.75) is 26.1 Å². The number of aromatic nitrogens is 2. The zero-order valence-electron chi connectivity index (χ0n) is 9.38. The molecule has 0 saturated carbocycles. The van der Waals surface area contributed by atoms with Gasteiger partial charge in [-0.25, -0.2) is 0 Å². The third-order valence-corrected chi connectivity index (χ3v) is 1.77. The van der Waals surface area contributed by atoms with Crippen LogP contribution in [0.3, 0.4) is 0 Å². The van der Waals surface area contributed by atoms with E-state index >= 15 is 0 Å². The standard InChI is InChI=1S/C9H14F3N3O2/c1-2-13-4-3-8-14-7(15-17-8)5-16-6-9(10,11)12/h13H,2-6H2,1H3. The van der Waals surface area contributed by atoms with Gasteiger partial charge in [-0.15, -0.1) is 0 Å². The first-order valence-electron chi connectivity index (χ1n) is 5.18. The molecule has 0 fully saturated rings. The molecular formula is C9H14F3N3O2. The third-order valence-electron chi connectivity index (χ3n) is 1.77. The second-order valence-corrected chi connectivity index (χ2v) is 3.32. The van der Waals surface area contributed by atoms with Gasteiger partial charge >= 0.3 is 6.18 Å². The molecule has 17 heavy (non-hydrogen) atoms. The van der Waals surface area contributed by atoms with Gasteiger partial charge in [0.25, 0.3) is 0 Å². The first kappa shape index (κ1) is 13.9. The van der Waals surface area contributed by atoms with E-state index in [0.717, 1.165) is 6.54 Å². The molecule has 1 heterocycles. The Morgan fingerprint density at radius 3 is 2.82 bits per heavy atom. The fraction of sp³-hybridized carbons (Fsp3) is 0.778. The van der Waals surface area contributed by atoms with Gasteiger partial charge in [-0.3, -0.25) is 0 Å². The normalized spacial score (nSPS) is 12.0. The highest BCUT2D eigenvalue weighted by Gasteiger charge is 2.27. The molecule has 0 bridgehead atoms. The van der Waals surface area contributed by atoms with Gasteiger partial charge in [-0.1, -0.05) is 12.1 Å². The summed E-state index contributed by atoms with van der Waals surface area (Å²) < 4.78 is 44.5. The molecule has 0 aliphatic heterocycles. The lowest BCUT2D eigenvalue weighted by atomic mass is 10.4. The SMILES string of the molecule is CCNCCc1nc(COCC(F)(F)F)no1. The number of ether oxygens (including phenoxy) is 1. The highest BCUT2D eigenvalue weighted by atomic mass is 19.4. The van der Waals surface area contributed by atoms with E-state index in [9.17, 15) is 13.2 Å². The molecule has 0 saturated heterocycles. The maximum absolute atomic E-state index is 11.8. The fourth-order valence-corrected chi connectivity index (χ4v) is 1.08. The zero-order valence-corrected chi connectivity index (χ0v) is 9.38. The summed E-state index contributed by atoms with van der Waals surface area (Å²) in [4.78, 5) is 3.89. The highest BCUT2D eigenvalue weighted by molar-refractivity contribution is 4.85. The topological polar surface area (TPSA) is 60.2 Å². The van der Waals surface area contributed by atoms with Crippen LogP contribution in [0.25, 0.3) is 0 Å². The van der Waals surface area contributed by atoms with Crippen LogP contribution in [0.4, 0.5) is 13.2 Å². The minimum Gasteiger partial charge on any atom is -0.364 e. The number of hydrogen-bond donors (Lipinski definition) is 1. The van der Waals surface area contributed by atoms with Crippen molar-refractivity contribution in [3.8, 4) is 0 Å². The van der Waals surface area contributed by atoms with E-state index < -0.39 is 12.8 Å². The second kappa shape index (κ2) is 6.55. The maximum atomic E-state index is 11.8. The van der Waals surface area contributed by atoms with Crippen molar-refractivity contribution in [2.24, 2.45) is 0 Å². The Morgan fingerprint density at radius 1 is 1.41 bits per heavy atom. The first-order valence-corrected chi connectivity index (χ1v) is 5.18. The summed E-state index contributed by atoms with van der Waals surface area (Å²) in [7, 11) is 0. The van der Waals surface area contributed by atoms with Crippen LogP contribution in [-0.4, -0.2) is 36.0 Å². The van der Waals surface area contributed by atoms with Crippen LogP contribution in [0, 0.1) is 0 Å². The molecule has 1 aromatic heterocycles. The minimum absolute atomic E-state index is 0.126. The Bertz CT molecular complexity index is 328. The lowest BCUT2D eigenvalue weighted by Gasteiger charge is -2.04. The maximum Gasteiger partial charge on any atom is 0.411 e. The van der Waals surface area contributed by atoms with Crippen LogP contribution < -0.4 is 5.32 Å². The fourth-order valence-electron chi connectivity index (χ4n) is 1.08. The van der Waals surface area contributed by atoms with Crippen molar-refractivity contribution in [3.05, 3.63) is 11.7 Å². The van der Waals surface area contributed by atoms with Crippen molar-refractivity contribution < 1.29 is 22.4 Å². The van der Waals surface area contributed by atoms with Crippen molar-refractivity contribution in [1.29, 1.82) is 0 Å². The number of nitrogens with one attached hydrogen (secondary N) is 1. The lowest BCUT2D eigenvalue weighted by Crippen LogP contribution is -2.17. The second-order valence-electron chi connectivity index (χ2n) is 3.32. The highest BCUT2D eigenvalue weighted by Crippen LogP contribution is 2.15. The number of hydrogen-bond acceptors (Lipinski definition) is 5. The van der Waals surface area contributed by atoms with Crippen LogP contribution in [0.15, 0.2) is 4.52 Å². The Labute approximate surface area is 96.3 Å². The summed E-state index contributed by atoms with van der Waals surface area (Å²) in [6, 6.07) is 0. The Balaban J connectivity index is 2.26. The molecule has 5 nitrogen and oxygen atoms in total. The van der Waals surface area contributed by atoms with Crippen LogP contribution in [0.5, 0.6) is 0 Å². The summed E-state index contributed by atoms with van der Waals surface area (Å²) in [5.74, 6) is 0.511. The van der Waals surface area contributed by atoms with Gasteiger partial charge in [-0.2, -0.15) is 18.2 Å². The third kappa shape index (κ3) is 6.22. The van der Waals surface area contributed by atoms with Gasteiger partial charge in [0.05, 0.1) is 0 Å². The molecule has 0 unspecified atom stereocenters. The van der Waals surface area contributed by atoms with Crippen molar-refractivity contribution in [3.63, 3.8) is 0 Å². The molecule has 0 aliphatic rings. The van der Waals surface area contributed by atoms with E-state index in [0.29, 0.717) is 18.9 Å². The molecule has 1 rings (SSSR count). The number of halogens is 3. The van der Waals surface area contributed by atoms with Crippen LogP contribution in [0.2, 0.25) is 0 Å². The van der Waals surface area contributed by atoms with Crippen molar-refractivity contribution >= 4 is 0 Å².